The highest BCUT2D eigenvalue weighted by atomic mass is 19.1. The van der Waals surface area contributed by atoms with Crippen molar-refractivity contribution in [2.75, 3.05) is 12.4 Å². The molecule has 7 heteroatoms. The van der Waals surface area contributed by atoms with Gasteiger partial charge in [-0.05, 0) is 12.1 Å². The summed E-state index contributed by atoms with van der Waals surface area (Å²) in [6.07, 6.45) is 2.49. The number of aromatic nitrogens is 2. The highest BCUT2D eigenvalue weighted by molar-refractivity contribution is 5.85. The number of methoxy groups -OCH3 is 1. The van der Waals surface area contributed by atoms with Crippen LogP contribution in [0.1, 0.15) is 10.5 Å². The fraction of sp³-hybridized carbons (Fsp3) is 0.0833. The molecular formula is C12H10FN3O3. The molecule has 19 heavy (non-hydrogen) atoms. The number of carbonyl (C=O) groups is 1. The van der Waals surface area contributed by atoms with Crippen molar-refractivity contribution in [3.63, 3.8) is 0 Å². The molecule has 1 aromatic heterocycles. The summed E-state index contributed by atoms with van der Waals surface area (Å²) < 4.78 is 18.0. The summed E-state index contributed by atoms with van der Waals surface area (Å²) in [7, 11) is 1.40. The average molecular weight is 263 g/mol. The van der Waals surface area contributed by atoms with Crippen LogP contribution in [-0.2, 0) is 0 Å². The lowest BCUT2D eigenvalue weighted by molar-refractivity contribution is 0.0690. The predicted octanol–water partition coefficient (Wildman–Crippen LogP) is 2.07. The molecule has 1 heterocycles. The maximum Gasteiger partial charge on any atom is 0.356 e. The zero-order valence-electron chi connectivity index (χ0n) is 9.92. The Kier molecular flexibility index (Phi) is 3.56. The predicted molar refractivity (Wildman–Crippen MR) is 65.2 cm³/mol. The summed E-state index contributed by atoms with van der Waals surface area (Å²) in [4.78, 5) is 18.4. The lowest BCUT2D eigenvalue weighted by atomic mass is 10.3. The van der Waals surface area contributed by atoms with E-state index in [1.807, 2.05) is 0 Å². The summed E-state index contributed by atoms with van der Waals surface area (Å²) in [5.74, 6) is -1.11. The van der Waals surface area contributed by atoms with Crippen molar-refractivity contribution in [3.05, 3.63) is 42.1 Å². The highest BCUT2D eigenvalue weighted by Gasteiger charge is 2.09. The van der Waals surface area contributed by atoms with Crippen LogP contribution < -0.4 is 10.1 Å². The molecule has 0 aliphatic heterocycles. The number of nitrogens with zero attached hydrogens (tertiary/aromatic N) is 2. The first kappa shape index (κ1) is 12.7. The van der Waals surface area contributed by atoms with Crippen molar-refractivity contribution < 1.29 is 19.0 Å². The van der Waals surface area contributed by atoms with Gasteiger partial charge in [-0.15, -0.1) is 0 Å². The van der Waals surface area contributed by atoms with Gasteiger partial charge in [0.15, 0.2) is 5.69 Å². The van der Waals surface area contributed by atoms with Crippen LogP contribution >= 0.6 is 0 Å². The number of hydrogen-bond donors (Lipinski definition) is 2. The first-order valence-corrected chi connectivity index (χ1v) is 5.26. The van der Waals surface area contributed by atoms with Crippen LogP contribution in [0.4, 0.5) is 15.9 Å². The Hall–Kier alpha value is -2.70. The van der Waals surface area contributed by atoms with Crippen LogP contribution in [0.2, 0.25) is 0 Å². The van der Waals surface area contributed by atoms with Gasteiger partial charge in [0.05, 0.1) is 25.2 Å². The third kappa shape index (κ3) is 2.95. The van der Waals surface area contributed by atoms with Crippen LogP contribution in [0.3, 0.4) is 0 Å². The molecule has 2 N–H and O–H groups in total. The van der Waals surface area contributed by atoms with E-state index < -0.39 is 11.8 Å². The van der Waals surface area contributed by atoms with Crippen LogP contribution in [-0.4, -0.2) is 28.2 Å². The van der Waals surface area contributed by atoms with E-state index in [1.54, 1.807) is 0 Å². The van der Waals surface area contributed by atoms with Gasteiger partial charge in [-0.1, -0.05) is 0 Å². The van der Waals surface area contributed by atoms with Gasteiger partial charge in [-0.2, -0.15) is 0 Å². The second kappa shape index (κ2) is 5.30. The fourth-order valence-electron chi connectivity index (χ4n) is 1.44. The summed E-state index contributed by atoms with van der Waals surface area (Å²) >= 11 is 0. The Balaban J connectivity index is 2.30. The molecular weight excluding hydrogens is 253 g/mol. The maximum absolute atomic E-state index is 13.0. The molecule has 0 radical (unpaired) electrons. The Morgan fingerprint density at radius 1 is 1.42 bits per heavy atom. The van der Waals surface area contributed by atoms with Gasteiger partial charge in [0.2, 0.25) is 0 Å². The number of aromatic carboxylic acids is 1. The third-order valence-corrected chi connectivity index (χ3v) is 2.28. The van der Waals surface area contributed by atoms with Gasteiger partial charge in [-0.3, -0.25) is 4.98 Å². The molecule has 0 aliphatic rings. The normalized spacial score (nSPS) is 10.0. The van der Waals surface area contributed by atoms with Gasteiger partial charge in [0, 0.05) is 6.07 Å². The Morgan fingerprint density at radius 2 is 2.21 bits per heavy atom. The van der Waals surface area contributed by atoms with E-state index in [-0.39, 0.29) is 17.3 Å². The molecule has 98 valence electrons. The SMILES string of the molecule is COc1cc(F)ccc1Nc1cncc(C(=O)O)n1. The lowest BCUT2D eigenvalue weighted by Crippen LogP contribution is -2.04. The molecule has 0 fully saturated rings. The van der Waals surface area contributed by atoms with Crippen LogP contribution in [0.5, 0.6) is 5.75 Å². The number of rotatable bonds is 4. The summed E-state index contributed by atoms with van der Waals surface area (Å²) in [6.45, 7) is 0. The number of ether oxygens (including phenoxy) is 1. The minimum Gasteiger partial charge on any atom is -0.494 e. The molecule has 1 aromatic carbocycles. The smallest absolute Gasteiger partial charge is 0.356 e. The van der Waals surface area contributed by atoms with Crippen molar-refractivity contribution in [3.8, 4) is 5.75 Å². The Bertz CT molecular complexity index is 619. The number of carboxylic acids is 1. The standard InChI is InChI=1S/C12H10FN3O3/c1-19-10-4-7(13)2-3-8(10)15-11-6-14-5-9(16-11)12(17)18/h2-6H,1H3,(H,15,16)(H,17,18). The second-order valence-corrected chi connectivity index (χ2v) is 3.56. The zero-order chi connectivity index (χ0) is 13.8. The van der Waals surface area contributed by atoms with Crippen molar-refractivity contribution in [2.24, 2.45) is 0 Å². The van der Waals surface area contributed by atoms with Gasteiger partial charge in [0.1, 0.15) is 17.4 Å². The Labute approximate surface area is 107 Å². The number of carboxylic acid groups (broad SMARTS) is 1. The summed E-state index contributed by atoms with van der Waals surface area (Å²) in [5.41, 5.74) is 0.270. The van der Waals surface area contributed by atoms with E-state index in [9.17, 15) is 9.18 Å². The maximum atomic E-state index is 13.0. The van der Waals surface area contributed by atoms with E-state index in [0.717, 1.165) is 6.20 Å². The van der Waals surface area contributed by atoms with Gasteiger partial charge >= 0.3 is 5.97 Å². The average Bonchev–Trinajstić information content (AvgIpc) is 2.41. The third-order valence-electron chi connectivity index (χ3n) is 2.28. The molecule has 0 bridgehead atoms. The van der Waals surface area contributed by atoms with Gasteiger partial charge in [0.25, 0.3) is 0 Å². The summed E-state index contributed by atoms with van der Waals surface area (Å²) in [6, 6.07) is 3.92. The van der Waals surface area contributed by atoms with Crippen molar-refractivity contribution >= 4 is 17.5 Å². The van der Waals surface area contributed by atoms with Gasteiger partial charge in [-0.25, -0.2) is 14.2 Å². The van der Waals surface area contributed by atoms with Crippen LogP contribution in [0.25, 0.3) is 0 Å². The molecule has 0 unspecified atom stereocenters. The quantitative estimate of drug-likeness (QED) is 0.878. The number of hydrogen-bond acceptors (Lipinski definition) is 5. The van der Waals surface area contributed by atoms with Crippen molar-refractivity contribution in [1.82, 2.24) is 9.97 Å². The van der Waals surface area contributed by atoms with Crippen LogP contribution in [0, 0.1) is 5.82 Å². The van der Waals surface area contributed by atoms with E-state index in [4.69, 9.17) is 9.84 Å². The molecule has 6 nitrogen and oxygen atoms in total. The minimum absolute atomic E-state index is 0.189. The van der Waals surface area contributed by atoms with E-state index in [2.05, 4.69) is 15.3 Å². The van der Waals surface area contributed by atoms with Gasteiger partial charge < -0.3 is 15.2 Å². The summed E-state index contributed by atoms with van der Waals surface area (Å²) in [5, 5.41) is 11.6. The van der Waals surface area contributed by atoms with Crippen LogP contribution in [0.15, 0.2) is 30.6 Å². The highest BCUT2D eigenvalue weighted by Crippen LogP contribution is 2.27. The molecule has 0 aliphatic carbocycles. The number of halogens is 1. The zero-order valence-corrected chi connectivity index (χ0v) is 9.92. The molecule has 2 rings (SSSR count). The lowest BCUT2D eigenvalue weighted by Gasteiger charge is -2.10. The first-order chi connectivity index (χ1) is 9.10. The minimum atomic E-state index is -1.18. The molecule has 0 saturated carbocycles. The van der Waals surface area contributed by atoms with Crippen molar-refractivity contribution in [1.29, 1.82) is 0 Å². The largest absolute Gasteiger partial charge is 0.494 e. The first-order valence-electron chi connectivity index (χ1n) is 5.26. The molecule has 0 saturated heterocycles. The van der Waals surface area contributed by atoms with Crippen molar-refractivity contribution in [2.45, 2.75) is 0 Å². The van der Waals surface area contributed by atoms with E-state index in [0.29, 0.717) is 5.69 Å². The number of nitrogens with one attached hydrogen (secondary N) is 1. The second-order valence-electron chi connectivity index (χ2n) is 3.56. The molecule has 0 atom stereocenters. The Morgan fingerprint density at radius 3 is 2.89 bits per heavy atom. The molecule has 2 aromatic rings. The number of benzene rings is 1. The molecule has 0 amide bonds. The molecule has 0 spiro atoms. The van der Waals surface area contributed by atoms with E-state index in [1.165, 1.54) is 31.5 Å². The topological polar surface area (TPSA) is 84.3 Å². The number of anilines is 2. The monoisotopic (exact) mass is 263 g/mol. The van der Waals surface area contributed by atoms with E-state index >= 15 is 0 Å². The fourth-order valence-corrected chi connectivity index (χ4v) is 1.44.